The van der Waals surface area contributed by atoms with Crippen LogP contribution in [0.25, 0.3) is 0 Å². The van der Waals surface area contributed by atoms with Crippen molar-refractivity contribution in [2.45, 2.75) is 77.2 Å². The molecule has 3 N–H and O–H groups in total. The Bertz CT molecular complexity index is 714. The quantitative estimate of drug-likeness (QED) is 0.684. The number of carboxylic acid groups (broad SMARTS) is 1. The zero-order valence-electron chi connectivity index (χ0n) is 17.1. The fourth-order valence-electron chi connectivity index (χ4n) is 7.71. The molecule has 4 aliphatic rings. The average Bonchev–Trinajstić information content (AvgIpc) is 2.91. The van der Waals surface area contributed by atoms with Gasteiger partial charge in [0, 0.05) is 13.0 Å². The minimum absolute atomic E-state index is 0.0507. The summed E-state index contributed by atoms with van der Waals surface area (Å²) in [7, 11) is 0. The highest BCUT2D eigenvalue weighted by atomic mass is 16.4. The van der Waals surface area contributed by atoms with Crippen LogP contribution in [0.5, 0.6) is 0 Å². The van der Waals surface area contributed by atoms with E-state index in [0.29, 0.717) is 32.1 Å². The Morgan fingerprint density at radius 2 is 1.89 bits per heavy atom. The number of ketones is 1. The predicted octanol–water partition coefficient (Wildman–Crippen LogP) is 3.33. The summed E-state index contributed by atoms with van der Waals surface area (Å²) in [6, 6.07) is 0. The molecule has 0 bridgehead atoms. The van der Waals surface area contributed by atoms with Crippen LogP contribution in [0.4, 0.5) is 0 Å². The third kappa shape index (κ3) is 2.65. The second-order valence-corrected chi connectivity index (χ2v) is 10.3. The molecule has 5 heteroatoms. The van der Waals surface area contributed by atoms with Crippen LogP contribution in [0.15, 0.2) is 11.6 Å². The fraction of sp³-hybridized carbons (Fsp3) is 0.826. The van der Waals surface area contributed by atoms with Gasteiger partial charge in [-0.05, 0) is 86.0 Å². The first-order valence-corrected chi connectivity index (χ1v) is 11.0. The van der Waals surface area contributed by atoms with Crippen molar-refractivity contribution in [3.63, 3.8) is 0 Å². The van der Waals surface area contributed by atoms with Gasteiger partial charge in [-0.25, -0.2) is 0 Å². The van der Waals surface area contributed by atoms with Crippen molar-refractivity contribution in [1.29, 1.82) is 0 Å². The zero-order valence-corrected chi connectivity index (χ0v) is 17.1. The van der Waals surface area contributed by atoms with E-state index >= 15 is 0 Å². The molecule has 3 saturated carbocycles. The molecular formula is C23H34O5. The van der Waals surface area contributed by atoms with E-state index in [1.165, 1.54) is 0 Å². The van der Waals surface area contributed by atoms with Gasteiger partial charge >= 0.3 is 5.97 Å². The van der Waals surface area contributed by atoms with E-state index in [0.717, 1.165) is 31.3 Å². The smallest absolute Gasteiger partial charge is 0.307 e. The van der Waals surface area contributed by atoms with E-state index in [1.54, 1.807) is 6.08 Å². The van der Waals surface area contributed by atoms with Crippen molar-refractivity contribution in [1.82, 2.24) is 0 Å². The zero-order chi connectivity index (χ0) is 20.3. The lowest BCUT2D eigenvalue weighted by Crippen LogP contribution is -2.58. The third-order valence-corrected chi connectivity index (χ3v) is 9.40. The molecule has 7 atom stereocenters. The summed E-state index contributed by atoms with van der Waals surface area (Å²) < 4.78 is 0. The maximum atomic E-state index is 12.3. The molecule has 0 aromatic rings. The van der Waals surface area contributed by atoms with Crippen LogP contribution in [0, 0.1) is 34.5 Å². The molecule has 4 rings (SSSR count). The van der Waals surface area contributed by atoms with Crippen LogP contribution in [0.2, 0.25) is 0 Å². The number of fused-ring (bicyclic) bond motifs is 5. The molecular weight excluding hydrogens is 356 g/mol. The minimum atomic E-state index is -0.812. The van der Waals surface area contributed by atoms with E-state index in [4.69, 9.17) is 0 Å². The van der Waals surface area contributed by atoms with Crippen molar-refractivity contribution >= 4 is 11.8 Å². The molecule has 0 unspecified atom stereocenters. The Kier molecular flexibility index (Phi) is 4.78. The average molecular weight is 391 g/mol. The monoisotopic (exact) mass is 390 g/mol. The van der Waals surface area contributed by atoms with Crippen LogP contribution >= 0.6 is 0 Å². The Morgan fingerprint density at radius 1 is 1.18 bits per heavy atom. The van der Waals surface area contributed by atoms with E-state index in [-0.39, 0.29) is 41.0 Å². The van der Waals surface area contributed by atoms with E-state index < -0.39 is 17.5 Å². The van der Waals surface area contributed by atoms with Crippen LogP contribution in [-0.2, 0) is 9.59 Å². The number of rotatable bonds is 4. The van der Waals surface area contributed by atoms with Gasteiger partial charge in [0.15, 0.2) is 5.78 Å². The van der Waals surface area contributed by atoms with Gasteiger partial charge in [0.2, 0.25) is 0 Å². The third-order valence-electron chi connectivity index (χ3n) is 9.40. The number of allylic oxidation sites excluding steroid dienone is 1. The number of hydrogen-bond acceptors (Lipinski definition) is 4. The first kappa shape index (κ1) is 20.1. The molecule has 156 valence electrons. The van der Waals surface area contributed by atoms with Gasteiger partial charge in [0.05, 0.1) is 11.5 Å². The Morgan fingerprint density at radius 3 is 2.57 bits per heavy atom. The van der Waals surface area contributed by atoms with Gasteiger partial charge in [-0.2, -0.15) is 0 Å². The molecule has 0 heterocycles. The first-order chi connectivity index (χ1) is 13.2. The maximum Gasteiger partial charge on any atom is 0.307 e. The maximum absolute atomic E-state index is 12.3. The summed E-state index contributed by atoms with van der Waals surface area (Å²) in [6.45, 7) is 4.49. The van der Waals surface area contributed by atoms with Crippen LogP contribution in [0.3, 0.4) is 0 Å². The minimum Gasteiger partial charge on any atom is -0.481 e. The van der Waals surface area contributed by atoms with Gasteiger partial charge in [-0.1, -0.05) is 19.4 Å². The van der Waals surface area contributed by atoms with Crippen molar-refractivity contribution < 1.29 is 24.9 Å². The van der Waals surface area contributed by atoms with Gasteiger partial charge in [-0.15, -0.1) is 0 Å². The molecule has 0 aliphatic heterocycles. The summed E-state index contributed by atoms with van der Waals surface area (Å²) in [6.07, 6.45) is 8.13. The number of aliphatic carboxylic acids is 1. The highest BCUT2D eigenvalue weighted by molar-refractivity contribution is 5.92. The summed E-state index contributed by atoms with van der Waals surface area (Å²) in [5.41, 5.74) is -0.139. The highest BCUT2D eigenvalue weighted by Gasteiger charge is 2.66. The van der Waals surface area contributed by atoms with Crippen LogP contribution in [-0.4, -0.2) is 39.3 Å². The van der Waals surface area contributed by atoms with E-state index in [9.17, 15) is 24.9 Å². The SMILES string of the molecule is C[C@]12CCC(=O)C=C1C[C@@H](C(=O)O)[C@@H]1[C@@H]2CC[C@@]2(C)[C@H]1CC[C@@]2(O)CCCO. The van der Waals surface area contributed by atoms with Crippen molar-refractivity contribution in [2.75, 3.05) is 6.61 Å². The molecule has 5 nitrogen and oxygen atoms in total. The summed E-state index contributed by atoms with van der Waals surface area (Å²) in [5, 5.41) is 30.9. The number of carbonyl (C=O) groups is 2. The van der Waals surface area contributed by atoms with Crippen molar-refractivity contribution in [3.05, 3.63) is 11.6 Å². The summed E-state index contributed by atoms with van der Waals surface area (Å²) >= 11 is 0. The van der Waals surface area contributed by atoms with Crippen LogP contribution < -0.4 is 0 Å². The van der Waals surface area contributed by atoms with Gasteiger partial charge in [0.25, 0.3) is 0 Å². The second kappa shape index (κ2) is 6.66. The number of carbonyl (C=O) groups excluding carboxylic acids is 1. The van der Waals surface area contributed by atoms with Crippen molar-refractivity contribution in [2.24, 2.45) is 34.5 Å². The number of hydrogen-bond donors (Lipinski definition) is 3. The predicted molar refractivity (Wildman–Crippen MR) is 104 cm³/mol. The largest absolute Gasteiger partial charge is 0.481 e. The van der Waals surface area contributed by atoms with Crippen molar-refractivity contribution in [3.8, 4) is 0 Å². The second-order valence-electron chi connectivity index (χ2n) is 10.3. The first-order valence-electron chi connectivity index (χ1n) is 11.0. The number of aliphatic hydroxyl groups is 2. The molecule has 4 aliphatic carbocycles. The molecule has 0 aromatic carbocycles. The molecule has 0 amide bonds. The molecule has 0 spiro atoms. The lowest BCUT2D eigenvalue weighted by atomic mass is 9.44. The Hall–Kier alpha value is -1.20. The fourth-order valence-corrected chi connectivity index (χ4v) is 7.71. The standard InChI is InChI=1S/C23H34O5/c1-21-8-4-15(25)12-14(21)13-16(20(26)27)19-17(21)5-9-22(2)18(19)6-10-23(22,28)7-3-11-24/h12,16-19,24,28H,3-11,13H2,1-2H3,(H,26,27)/t16-,17+,18+,19-,21+,22+,23+/m1/s1. The lowest BCUT2D eigenvalue weighted by molar-refractivity contribution is -0.166. The van der Waals surface area contributed by atoms with Gasteiger partial charge in [-0.3, -0.25) is 9.59 Å². The number of aliphatic hydroxyl groups excluding tert-OH is 1. The van der Waals surface area contributed by atoms with Gasteiger partial charge in [0.1, 0.15) is 0 Å². The highest BCUT2D eigenvalue weighted by Crippen LogP contribution is 2.69. The van der Waals surface area contributed by atoms with E-state index in [2.05, 4.69) is 13.8 Å². The number of carboxylic acids is 1. The normalized spacial score (nSPS) is 47.7. The lowest BCUT2D eigenvalue weighted by Gasteiger charge is -2.60. The molecule has 0 radical (unpaired) electrons. The van der Waals surface area contributed by atoms with Gasteiger partial charge < -0.3 is 15.3 Å². The van der Waals surface area contributed by atoms with E-state index in [1.807, 2.05) is 0 Å². The Labute approximate surface area is 167 Å². The topological polar surface area (TPSA) is 94.8 Å². The summed E-state index contributed by atoms with van der Waals surface area (Å²) in [4.78, 5) is 24.3. The summed E-state index contributed by atoms with van der Waals surface area (Å²) in [5.74, 6) is -0.595. The Balaban J connectivity index is 1.73. The molecule has 3 fully saturated rings. The molecule has 28 heavy (non-hydrogen) atoms. The molecule has 0 aromatic heterocycles. The molecule has 0 saturated heterocycles. The van der Waals surface area contributed by atoms with Crippen LogP contribution in [0.1, 0.15) is 71.6 Å².